The van der Waals surface area contributed by atoms with E-state index < -0.39 is 0 Å². The van der Waals surface area contributed by atoms with Crippen molar-refractivity contribution in [1.29, 1.82) is 5.41 Å². The van der Waals surface area contributed by atoms with Crippen LogP contribution in [-0.4, -0.2) is 23.4 Å². The van der Waals surface area contributed by atoms with Crippen LogP contribution in [0.2, 0.25) is 0 Å². The molecule has 0 aromatic carbocycles. The lowest BCUT2D eigenvalue weighted by Crippen LogP contribution is -2.42. The topological polar surface area (TPSA) is 78.5 Å². The molecule has 1 amide bonds. The van der Waals surface area contributed by atoms with Crippen LogP contribution in [0.4, 0.5) is 0 Å². The van der Waals surface area contributed by atoms with Gasteiger partial charge in [-0.3, -0.25) is 10.2 Å². The Morgan fingerprint density at radius 2 is 2.05 bits per heavy atom. The van der Waals surface area contributed by atoms with Gasteiger partial charge in [-0.05, 0) is 37.0 Å². The van der Waals surface area contributed by atoms with Crippen molar-refractivity contribution in [2.24, 2.45) is 11.8 Å². The summed E-state index contributed by atoms with van der Waals surface area (Å²) in [4.78, 5) is 11.2. The smallest absolute Gasteiger partial charge is 0.217 e. The van der Waals surface area contributed by atoms with Crippen LogP contribution in [0.1, 0.15) is 47.5 Å². The number of nitrogens with two attached hydrogens (primary N) is 1. The highest BCUT2D eigenvalue weighted by Gasteiger charge is 2.24. The van der Waals surface area contributed by atoms with E-state index in [1.54, 1.807) is 0 Å². The number of nitrogens with one attached hydrogen (secondary N) is 2. The van der Waals surface area contributed by atoms with Gasteiger partial charge in [-0.2, -0.15) is 0 Å². The van der Waals surface area contributed by atoms with E-state index in [0.29, 0.717) is 11.6 Å². The van der Waals surface area contributed by atoms with Crippen LogP contribution in [0.5, 0.6) is 0 Å². The van der Waals surface area contributed by atoms with E-state index >= 15 is 0 Å². The first-order valence-electron chi connectivity index (χ1n) is 7.56. The first-order valence-corrected chi connectivity index (χ1v) is 7.56. The molecule has 0 spiro atoms. The normalized spacial score (nSPS) is 19.9. The third kappa shape index (κ3) is 5.29. The van der Waals surface area contributed by atoms with Gasteiger partial charge in [0.05, 0.1) is 6.04 Å². The van der Waals surface area contributed by atoms with E-state index in [0.717, 1.165) is 29.7 Å². The van der Waals surface area contributed by atoms with Crippen LogP contribution in [-0.2, 0) is 4.79 Å². The number of rotatable bonds is 6. The van der Waals surface area contributed by atoms with Gasteiger partial charge in [0.15, 0.2) is 0 Å². The predicted octanol–water partition coefficient (Wildman–Crippen LogP) is 1.67. The van der Waals surface area contributed by atoms with Gasteiger partial charge in [-0.15, -0.1) is 0 Å². The van der Waals surface area contributed by atoms with Crippen LogP contribution < -0.4 is 10.7 Å². The van der Waals surface area contributed by atoms with Gasteiger partial charge in [0.1, 0.15) is 5.71 Å². The Bertz CT molecular complexity index is 500. The zero-order chi connectivity index (χ0) is 16.2. The first-order chi connectivity index (χ1) is 9.70. The van der Waals surface area contributed by atoms with Gasteiger partial charge < -0.3 is 10.7 Å². The predicted molar refractivity (Wildman–Crippen MR) is 87.3 cm³/mol. The molecule has 0 radical (unpaired) electrons. The van der Waals surface area contributed by atoms with Crippen molar-refractivity contribution in [3.8, 4) is 0 Å². The average molecular weight is 290 g/mol. The Morgan fingerprint density at radius 3 is 2.57 bits per heavy atom. The molecule has 0 fully saturated rings. The molecule has 0 saturated carbocycles. The SMILES string of the molecule is CC(=O)N[C@@H](C)C1=CC(=N)C(CC(=[NH2+])CC(C)C)C=C1C. The molecule has 0 aromatic rings. The van der Waals surface area contributed by atoms with Gasteiger partial charge in [-0.1, -0.05) is 19.9 Å². The highest BCUT2D eigenvalue weighted by molar-refractivity contribution is 6.00. The van der Waals surface area contributed by atoms with Gasteiger partial charge in [0.25, 0.3) is 0 Å². The molecule has 2 atom stereocenters. The molecule has 4 N–H and O–H groups in total. The second kappa shape index (κ2) is 7.34. The molecule has 4 nitrogen and oxygen atoms in total. The van der Waals surface area contributed by atoms with E-state index in [-0.39, 0.29) is 17.9 Å². The summed E-state index contributed by atoms with van der Waals surface area (Å²) in [5.41, 5.74) is 3.65. The molecule has 4 heteroatoms. The molecule has 0 bridgehead atoms. The highest BCUT2D eigenvalue weighted by atomic mass is 16.1. The van der Waals surface area contributed by atoms with Crippen molar-refractivity contribution < 1.29 is 10.2 Å². The van der Waals surface area contributed by atoms with Crippen LogP contribution >= 0.6 is 0 Å². The summed E-state index contributed by atoms with van der Waals surface area (Å²) in [5, 5.41) is 17.2. The second-order valence-corrected chi connectivity index (χ2v) is 6.39. The molecule has 1 aliphatic rings. The second-order valence-electron chi connectivity index (χ2n) is 6.39. The third-order valence-electron chi connectivity index (χ3n) is 3.66. The van der Waals surface area contributed by atoms with E-state index in [2.05, 4.69) is 25.2 Å². The van der Waals surface area contributed by atoms with E-state index in [9.17, 15) is 4.79 Å². The standard InChI is InChI=1S/C17H27N3O/c1-10(2)6-15(18)8-14-7-11(3)16(9-17(14)19)12(4)20-13(5)21/h7,9-10,12,14,18-19H,6,8H2,1-5H3,(H,20,21)/p+1/t12-,14?/m0/s1. The molecule has 0 heterocycles. The summed E-state index contributed by atoms with van der Waals surface area (Å²) < 4.78 is 0. The zero-order valence-corrected chi connectivity index (χ0v) is 13.8. The number of carbonyl (C=O) groups is 1. The molecular weight excluding hydrogens is 262 g/mol. The minimum absolute atomic E-state index is 0.0528. The monoisotopic (exact) mass is 290 g/mol. The Hall–Kier alpha value is -1.71. The van der Waals surface area contributed by atoms with Crippen molar-refractivity contribution in [2.75, 3.05) is 0 Å². The molecule has 0 aromatic heterocycles. The van der Waals surface area contributed by atoms with Crippen molar-refractivity contribution >= 4 is 17.3 Å². The van der Waals surface area contributed by atoms with E-state index in [4.69, 9.17) is 10.8 Å². The maximum absolute atomic E-state index is 11.2. The molecule has 116 valence electrons. The van der Waals surface area contributed by atoms with Gasteiger partial charge >= 0.3 is 0 Å². The fourth-order valence-corrected chi connectivity index (χ4v) is 2.78. The summed E-state index contributed by atoms with van der Waals surface area (Å²) in [6.07, 6.45) is 5.61. The number of allylic oxidation sites excluding steroid dienone is 2. The fourth-order valence-electron chi connectivity index (χ4n) is 2.78. The van der Waals surface area contributed by atoms with E-state index in [1.165, 1.54) is 6.92 Å². The molecule has 0 aliphatic heterocycles. The Morgan fingerprint density at radius 1 is 1.43 bits per heavy atom. The van der Waals surface area contributed by atoms with Crippen molar-refractivity contribution in [3.05, 3.63) is 23.3 Å². The van der Waals surface area contributed by atoms with E-state index in [1.807, 2.05) is 19.9 Å². The lowest BCUT2D eigenvalue weighted by atomic mass is 9.83. The minimum atomic E-state index is -0.0722. The lowest BCUT2D eigenvalue weighted by molar-refractivity contribution is -0.120. The maximum Gasteiger partial charge on any atom is 0.217 e. The Labute approximate surface area is 127 Å². The Kier molecular flexibility index (Phi) is 6.06. The highest BCUT2D eigenvalue weighted by Crippen LogP contribution is 2.25. The van der Waals surface area contributed by atoms with Crippen molar-refractivity contribution in [2.45, 2.75) is 53.5 Å². The molecule has 1 unspecified atom stereocenters. The zero-order valence-electron chi connectivity index (χ0n) is 13.8. The van der Waals surface area contributed by atoms with Crippen LogP contribution in [0.3, 0.4) is 0 Å². The van der Waals surface area contributed by atoms with Crippen molar-refractivity contribution in [1.82, 2.24) is 5.32 Å². The number of hydrogen-bond donors (Lipinski definition) is 3. The third-order valence-corrected chi connectivity index (χ3v) is 3.66. The summed E-state index contributed by atoms with van der Waals surface area (Å²) in [5.74, 6) is 0.537. The van der Waals surface area contributed by atoms with Gasteiger partial charge in [0.2, 0.25) is 5.91 Å². The summed E-state index contributed by atoms with van der Waals surface area (Å²) in [6.45, 7) is 9.77. The summed E-state index contributed by atoms with van der Waals surface area (Å²) in [7, 11) is 0. The average Bonchev–Trinajstić information content (AvgIpc) is 2.31. The first kappa shape index (κ1) is 17.3. The van der Waals surface area contributed by atoms with Crippen molar-refractivity contribution in [3.63, 3.8) is 0 Å². The molecule has 1 rings (SSSR count). The number of hydrogen-bond acceptors (Lipinski definition) is 2. The molecular formula is C17H28N3O+. The molecule has 1 aliphatic carbocycles. The quantitative estimate of drug-likeness (QED) is 0.639. The maximum atomic E-state index is 11.2. The minimum Gasteiger partial charge on any atom is -0.350 e. The fraction of sp³-hybridized carbons (Fsp3) is 0.588. The largest absolute Gasteiger partial charge is 0.350 e. The summed E-state index contributed by atoms with van der Waals surface area (Å²) >= 11 is 0. The number of carbonyl (C=O) groups excluding carboxylic acids is 1. The Balaban J connectivity index is 2.77. The number of amides is 1. The van der Waals surface area contributed by atoms with Gasteiger partial charge in [0, 0.05) is 31.4 Å². The van der Waals surface area contributed by atoms with Crippen LogP contribution in [0, 0.1) is 17.2 Å². The van der Waals surface area contributed by atoms with Crippen LogP contribution in [0.25, 0.3) is 0 Å². The lowest BCUT2D eigenvalue weighted by Gasteiger charge is -2.24. The summed E-state index contributed by atoms with van der Waals surface area (Å²) in [6, 6.07) is -0.0722. The molecule has 21 heavy (non-hydrogen) atoms. The van der Waals surface area contributed by atoms with Gasteiger partial charge in [-0.25, -0.2) is 0 Å². The molecule has 0 saturated heterocycles. The van der Waals surface area contributed by atoms with Crippen LogP contribution in [0.15, 0.2) is 23.3 Å².